The average Bonchev–Trinajstić information content (AvgIpc) is 2.04. The zero-order valence-corrected chi connectivity index (χ0v) is 6.41. The summed E-state index contributed by atoms with van der Waals surface area (Å²) in [7, 11) is 0. The smallest absolute Gasteiger partial charge is 0.458 e. The Morgan fingerprint density at radius 1 is 1.08 bits per heavy atom. The molecule has 0 atom stereocenters. The van der Waals surface area contributed by atoms with Gasteiger partial charge in [0.05, 0.1) is 0 Å². The predicted molar refractivity (Wildman–Crippen MR) is 38.5 cm³/mol. The van der Waals surface area contributed by atoms with Gasteiger partial charge in [-0.1, -0.05) is 18.2 Å². The molecular weight excluding hydrogens is 185 g/mol. The predicted octanol–water partition coefficient (Wildman–Crippen LogP) is 2.72. The van der Waals surface area contributed by atoms with E-state index in [9.17, 15) is 13.2 Å². The van der Waals surface area contributed by atoms with Crippen LogP contribution >= 0.6 is 0 Å². The molecule has 1 radical (unpaired) electrons. The number of rotatable bonds is 3. The maximum atomic E-state index is 11.4. The van der Waals surface area contributed by atoms with E-state index in [1.807, 2.05) is 0 Å². The molecule has 2 nitrogen and oxygen atoms in total. The van der Waals surface area contributed by atoms with Gasteiger partial charge in [0.2, 0.25) is 0 Å². The first-order valence-corrected chi connectivity index (χ1v) is 3.36. The Hall–Kier alpha value is -1.23. The van der Waals surface area contributed by atoms with E-state index in [0.717, 1.165) is 0 Å². The van der Waals surface area contributed by atoms with E-state index in [0.29, 0.717) is 0 Å². The van der Waals surface area contributed by atoms with Gasteiger partial charge in [-0.15, -0.1) is 13.2 Å². The topological polar surface area (TPSA) is 18.5 Å². The molecule has 0 unspecified atom stereocenters. The van der Waals surface area contributed by atoms with Crippen molar-refractivity contribution in [3.63, 3.8) is 0 Å². The van der Waals surface area contributed by atoms with Crippen molar-refractivity contribution in [2.45, 2.75) is 6.36 Å². The van der Waals surface area contributed by atoms with Crippen LogP contribution in [0, 0.1) is 6.79 Å². The highest BCUT2D eigenvalue weighted by molar-refractivity contribution is 5.21. The van der Waals surface area contributed by atoms with E-state index < -0.39 is 6.36 Å². The van der Waals surface area contributed by atoms with Crippen LogP contribution in [0.5, 0.6) is 5.75 Å². The Bertz CT molecular complexity index is 245. The molecule has 0 aliphatic carbocycles. The van der Waals surface area contributed by atoms with Crippen LogP contribution < -0.4 is 4.74 Å². The van der Waals surface area contributed by atoms with Gasteiger partial charge in [-0.2, -0.15) is 0 Å². The quantitative estimate of drug-likeness (QED) is 0.731. The summed E-state index contributed by atoms with van der Waals surface area (Å²) >= 11 is 0. The van der Waals surface area contributed by atoms with Gasteiger partial charge in [0, 0.05) is 0 Å². The molecule has 0 aliphatic rings. The van der Waals surface area contributed by atoms with Crippen molar-refractivity contribution in [2.75, 3.05) is 0 Å². The second-order valence-corrected chi connectivity index (χ2v) is 2.09. The van der Waals surface area contributed by atoms with Gasteiger partial charge in [-0.05, 0) is 12.1 Å². The molecule has 0 N–H and O–H groups in total. The summed E-state index contributed by atoms with van der Waals surface area (Å²) in [5.41, 5.74) is 0. The minimum atomic E-state index is -4.70. The summed E-state index contributed by atoms with van der Waals surface area (Å²) in [4.78, 5) is 0. The minimum Gasteiger partial charge on any atom is -0.458 e. The number of alkyl halides is 3. The SMILES string of the molecule is FC(F)(F)O[CH]Oc1ccccc1. The number of hydrogen-bond acceptors (Lipinski definition) is 2. The Morgan fingerprint density at radius 2 is 1.69 bits per heavy atom. The normalized spacial score (nSPS) is 11.3. The van der Waals surface area contributed by atoms with E-state index in [1.165, 1.54) is 12.1 Å². The lowest BCUT2D eigenvalue weighted by Gasteiger charge is -2.07. The fourth-order valence-corrected chi connectivity index (χ4v) is 0.633. The van der Waals surface area contributed by atoms with Gasteiger partial charge in [-0.3, -0.25) is 0 Å². The second-order valence-electron chi connectivity index (χ2n) is 2.09. The molecule has 5 heteroatoms. The summed E-state index contributed by atoms with van der Waals surface area (Å²) in [6.45, 7) is 0.245. The number of halogens is 3. The van der Waals surface area contributed by atoms with Crippen LogP contribution in [0.1, 0.15) is 0 Å². The first-order chi connectivity index (χ1) is 6.08. The number of benzene rings is 1. The Morgan fingerprint density at radius 3 is 2.23 bits per heavy atom. The van der Waals surface area contributed by atoms with Crippen molar-refractivity contribution in [2.24, 2.45) is 0 Å². The van der Waals surface area contributed by atoms with Crippen LogP contribution in [0.4, 0.5) is 13.2 Å². The summed E-state index contributed by atoms with van der Waals surface area (Å²) < 4.78 is 42.1. The van der Waals surface area contributed by atoms with Gasteiger partial charge in [-0.25, -0.2) is 4.74 Å². The lowest BCUT2D eigenvalue weighted by Crippen LogP contribution is -2.13. The van der Waals surface area contributed by atoms with Crippen LogP contribution in [0.2, 0.25) is 0 Å². The molecule has 1 aromatic carbocycles. The highest BCUT2D eigenvalue weighted by atomic mass is 19.4. The van der Waals surface area contributed by atoms with Crippen molar-refractivity contribution < 1.29 is 22.6 Å². The first kappa shape index (κ1) is 9.85. The van der Waals surface area contributed by atoms with Crippen molar-refractivity contribution >= 4 is 0 Å². The standard InChI is InChI=1S/C8H6F3O2/c9-8(10,11)13-6-12-7-4-2-1-3-5-7/h1-6H. The third-order valence-corrected chi connectivity index (χ3v) is 1.11. The lowest BCUT2D eigenvalue weighted by atomic mass is 10.3. The summed E-state index contributed by atoms with van der Waals surface area (Å²) in [6.07, 6.45) is -4.70. The number of hydrogen-bond donors (Lipinski definition) is 0. The largest absolute Gasteiger partial charge is 0.525 e. The third-order valence-electron chi connectivity index (χ3n) is 1.11. The van der Waals surface area contributed by atoms with Crippen molar-refractivity contribution in [3.05, 3.63) is 37.1 Å². The molecule has 0 spiro atoms. The van der Waals surface area contributed by atoms with Crippen LogP contribution in [0.25, 0.3) is 0 Å². The van der Waals surface area contributed by atoms with Crippen molar-refractivity contribution in [3.8, 4) is 5.75 Å². The lowest BCUT2D eigenvalue weighted by molar-refractivity contribution is -0.321. The van der Waals surface area contributed by atoms with E-state index in [4.69, 9.17) is 0 Å². The maximum absolute atomic E-state index is 11.4. The van der Waals surface area contributed by atoms with E-state index in [1.54, 1.807) is 18.2 Å². The van der Waals surface area contributed by atoms with E-state index in [2.05, 4.69) is 9.47 Å². The van der Waals surface area contributed by atoms with Crippen LogP contribution in [-0.2, 0) is 4.74 Å². The molecule has 0 aromatic heterocycles. The molecule has 0 heterocycles. The number of para-hydroxylation sites is 1. The molecular formula is C8H6F3O2. The average molecular weight is 191 g/mol. The zero-order chi connectivity index (χ0) is 9.73. The van der Waals surface area contributed by atoms with E-state index in [-0.39, 0.29) is 12.5 Å². The van der Waals surface area contributed by atoms with E-state index >= 15 is 0 Å². The molecule has 1 rings (SSSR count). The van der Waals surface area contributed by atoms with Crippen LogP contribution in [0.15, 0.2) is 30.3 Å². The molecule has 13 heavy (non-hydrogen) atoms. The van der Waals surface area contributed by atoms with Crippen LogP contribution in [-0.4, -0.2) is 6.36 Å². The second kappa shape index (κ2) is 4.13. The summed E-state index contributed by atoms with van der Waals surface area (Å²) in [6, 6.07) is 8.01. The third kappa shape index (κ3) is 4.37. The molecule has 1 aromatic rings. The van der Waals surface area contributed by atoms with Crippen molar-refractivity contribution in [1.82, 2.24) is 0 Å². The minimum absolute atomic E-state index is 0.245. The molecule has 0 saturated heterocycles. The summed E-state index contributed by atoms with van der Waals surface area (Å²) in [5, 5.41) is 0. The van der Waals surface area contributed by atoms with Gasteiger partial charge in [0.15, 0.2) is 0 Å². The van der Waals surface area contributed by atoms with Crippen molar-refractivity contribution in [1.29, 1.82) is 0 Å². The Labute approximate surface area is 72.9 Å². The molecule has 0 aliphatic heterocycles. The highest BCUT2D eigenvalue weighted by Gasteiger charge is 2.29. The molecule has 0 amide bonds. The molecule has 0 bridgehead atoms. The molecule has 0 fully saturated rings. The first-order valence-electron chi connectivity index (χ1n) is 3.36. The van der Waals surface area contributed by atoms with Gasteiger partial charge >= 0.3 is 6.36 Å². The molecule has 71 valence electrons. The Balaban J connectivity index is 2.29. The highest BCUT2D eigenvalue weighted by Crippen LogP contribution is 2.18. The Kier molecular flexibility index (Phi) is 3.13. The maximum Gasteiger partial charge on any atom is 0.525 e. The van der Waals surface area contributed by atoms with Gasteiger partial charge in [0.25, 0.3) is 6.79 Å². The fourth-order valence-electron chi connectivity index (χ4n) is 0.633. The number of ether oxygens (including phenoxy) is 2. The van der Waals surface area contributed by atoms with Crippen LogP contribution in [0.3, 0.4) is 0 Å². The fraction of sp³-hybridized carbons (Fsp3) is 0.125. The zero-order valence-electron chi connectivity index (χ0n) is 6.41. The summed E-state index contributed by atoms with van der Waals surface area (Å²) in [5.74, 6) is 0.284. The van der Waals surface area contributed by atoms with Gasteiger partial charge < -0.3 is 4.74 Å². The van der Waals surface area contributed by atoms with Gasteiger partial charge in [0.1, 0.15) is 5.75 Å². The molecule has 0 saturated carbocycles. The monoisotopic (exact) mass is 191 g/mol.